The molecule has 1 saturated heterocycles. The van der Waals surface area contributed by atoms with E-state index in [9.17, 15) is 18.4 Å². The summed E-state index contributed by atoms with van der Waals surface area (Å²) in [5, 5.41) is 14.6. The van der Waals surface area contributed by atoms with Crippen LogP contribution in [0.4, 0.5) is 34.1 Å². The second kappa shape index (κ2) is 13.8. The van der Waals surface area contributed by atoms with Gasteiger partial charge in [0.2, 0.25) is 0 Å². The van der Waals surface area contributed by atoms with Crippen LogP contribution < -0.4 is 20.4 Å². The number of halogens is 4. The van der Waals surface area contributed by atoms with Crippen molar-refractivity contribution in [2.24, 2.45) is 0 Å². The molecule has 1 unspecified atom stereocenters. The number of amides is 1. The Morgan fingerprint density at radius 3 is 2.60 bits per heavy atom. The first kappa shape index (κ1) is 31.7. The number of nitriles is 1. The zero-order chi connectivity index (χ0) is 31.3. The molecule has 0 saturated carbocycles. The molecular weight excluding hydrogens is 586 g/mol. The number of hydrogen-bond acceptors (Lipinski definition) is 9. The van der Waals surface area contributed by atoms with Crippen molar-refractivity contribution in [2.45, 2.75) is 25.8 Å². The number of alkyl halides is 2. The van der Waals surface area contributed by atoms with E-state index in [1.165, 1.54) is 24.6 Å². The van der Waals surface area contributed by atoms with Crippen LogP contribution >= 0.6 is 11.3 Å². The normalized spacial score (nSPS) is 18.4. The topological polar surface area (TPSA) is 105 Å². The summed E-state index contributed by atoms with van der Waals surface area (Å²) in [5.74, 6) is -2.95. The molecule has 1 fully saturated rings. The molecule has 1 aromatic heterocycles. The van der Waals surface area contributed by atoms with Crippen LogP contribution in [0, 0.1) is 23.0 Å². The summed E-state index contributed by atoms with van der Waals surface area (Å²) < 4.78 is 59.8. The van der Waals surface area contributed by atoms with E-state index in [4.69, 9.17) is 5.26 Å². The van der Waals surface area contributed by atoms with Gasteiger partial charge in [-0.3, -0.25) is 9.59 Å². The highest BCUT2D eigenvalue weighted by molar-refractivity contribution is 7.16. The van der Waals surface area contributed by atoms with E-state index >= 15 is 8.78 Å². The average Bonchev–Trinajstić information content (AvgIpc) is 3.47. The van der Waals surface area contributed by atoms with Crippen molar-refractivity contribution in [3.8, 4) is 6.07 Å². The molecule has 0 radical (unpaired) electrons. The number of aldehydes is 1. The molecule has 9 nitrogen and oxygen atoms in total. The number of nitrogens with zero attached hydrogens (tertiary/aromatic N) is 5. The molecule has 2 aromatic rings. The van der Waals surface area contributed by atoms with Crippen molar-refractivity contribution >= 4 is 45.6 Å². The lowest BCUT2D eigenvalue weighted by atomic mass is 9.96. The standard InChI is InChI=1S/C29H31F4N7O2S/c1-17-16-40(10-9-38(17)3)23-12-22(30)24(18-4-7-39(8-5-18)29-36-14-19(13-34)43-29)25(31)26(23)37-28(42)21(15-35-2)20(6-11-41)27(32)33/h4,6,11-12,14-15,17,27,35H,5,7-10,16H2,1-3H3,(H,37,42)/b20-6+,21-15+. The Morgan fingerprint density at radius 1 is 1.26 bits per heavy atom. The van der Waals surface area contributed by atoms with Gasteiger partial charge in [-0.05, 0) is 32.0 Å². The third kappa shape index (κ3) is 6.89. The fraction of sp³-hybridized carbons (Fsp3) is 0.379. The van der Waals surface area contributed by atoms with Gasteiger partial charge in [-0.25, -0.2) is 22.5 Å². The Kier molecular flexibility index (Phi) is 10.2. The SMILES string of the molecule is CN/C=C(C(=O)Nc1c(N2CCN(C)C(C)C2)cc(F)c(C2=CCN(c3ncc(C#N)s3)CC2)c1F)\C(=C/C=O)C(F)F. The molecule has 14 heteroatoms. The van der Waals surface area contributed by atoms with Gasteiger partial charge in [-0.1, -0.05) is 17.4 Å². The number of aromatic nitrogens is 1. The fourth-order valence-electron chi connectivity index (χ4n) is 5.03. The number of piperazine rings is 1. The van der Waals surface area contributed by atoms with Crippen molar-refractivity contribution in [3.05, 3.63) is 63.8 Å². The maximum Gasteiger partial charge on any atom is 0.264 e. The second-order valence-corrected chi connectivity index (χ2v) is 11.1. The van der Waals surface area contributed by atoms with Crippen LogP contribution in [0.15, 0.2) is 41.8 Å². The summed E-state index contributed by atoms with van der Waals surface area (Å²) in [6.07, 6.45) is 1.91. The number of hydrogen-bond donors (Lipinski definition) is 2. The van der Waals surface area contributed by atoms with E-state index in [0.717, 1.165) is 12.3 Å². The lowest BCUT2D eigenvalue weighted by molar-refractivity contribution is -0.112. The molecule has 2 aliphatic heterocycles. The zero-order valence-corrected chi connectivity index (χ0v) is 24.7. The number of anilines is 3. The van der Waals surface area contributed by atoms with Gasteiger partial charge in [0.25, 0.3) is 12.3 Å². The van der Waals surface area contributed by atoms with Crippen LogP contribution in [0.25, 0.3) is 5.57 Å². The fourth-order valence-corrected chi connectivity index (χ4v) is 5.78. The molecule has 1 atom stereocenters. The van der Waals surface area contributed by atoms with Crippen molar-refractivity contribution in [1.29, 1.82) is 5.26 Å². The number of nitrogens with one attached hydrogen (secondary N) is 2. The van der Waals surface area contributed by atoms with Crippen LogP contribution in [0.2, 0.25) is 0 Å². The van der Waals surface area contributed by atoms with Gasteiger partial charge in [0.05, 0.1) is 23.0 Å². The minimum atomic E-state index is -3.17. The van der Waals surface area contributed by atoms with Crippen molar-refractivity contribution < 1.29 is 27.2 Å². The Bertz CT molecular complexity index is 1510. The summed E-state index contributed by atoms with van der Waals surface area (Å²) in [4.78, 5) is 34.8. The van der Waals surface area contributed by atoms with Crippen LogP contribution in [-0.4, -0.2) is 81.4 Å². The van der Waals surface area contributed by atoms with E-state index in [1.54, 1.807) is 11.0 Å². The molecule has 0 bridgehead atoms. The smallest absolute Gasteiger partial charge is 0.264 e. The number of likely N-dealkylation sites (N-methyl/N-ethyl adjacent to an activating group) is 1. The molecule has 1 amide bonds. The van der Waals surface area contributed by atoms with Gasteiger partial charge in [0.15, 0.2) is 10.9 Å². The summed E-state index contributed by atoms with van der Waals surface area (Å²) in [6, 6.07) is 3.23. The van der Waals surface area contributed by atoms with Gasteiger partial charge in [0.1, 0.15) is 28.7 Å². The quantitative estimate of drug-likeness (QED) is 0.187. The monoisotopic (exact) mass is 617 g/mol. The predicted molar refractivity (Wildman–Crippen MR) is 158 cm³/mol. The van der Waals surface area contributed by atoms with Crippen LogP contribution in [0.3, 0.4) is 0 Å². The molecule has 228 valence electrons. The molecule has 4 rings (SSSR count). The van der Waals surface area contributed by atoms with Crippen molar-refractivity contribution in [2.75, 3.05) is 61.9 Å². The van der Waals surface area contributed by atoms with Gasteiger partial charge >= 0.3 is 0 Å². The second-order valence-electron chi connectivity index (χ2n) is 10.1. The first-order valence-corrected chi connectivity index (χ1v) is 14.3. The highest BCUT2D eigenvalue weighted by Crippen LogP contribution is 2.39. The van der Waals surface area contributed by atoms with Gasteiger partial charge in [-0.15, -0.1) is 0 Å². The zero-order valence-electron chi connectivity index (χ0n) is 23.8. The molecule has 0 spiro atoms. The number of benzene rings is 1. The lowest BCUT2D eigenvalue weighted by Gasteiger charge is -2.40. The highest BCUT2D eigenvalue weighted by Gasteiger charge is 2.31. The third-order valence-electron chi connectivity index (χ3n) is 7.47. The van der Waals surface area contributed by atoms with Crippen LogP contribution in [0.5, 0.6) is 0 Å². The predicted octanol–water partition coefficient (Wildman–Crippen LogP) is 4.16. The molecular formula is C29H31F4N7O2S. The Morgan fingerprint density at radius 2 is 2.02 bits per heavy atom. The van der Waals surface area contributed by atoms with E-state index in [2.05, 4.69) is 20.5 Å². The molecule has 2 aliphatic rings. The van der Waals surface area contributed by atoms with Crippen LogP contribution in [0.1, 0.15) is 23.8 Å². The van der Waals surface area contributed by atoms with Crippen LogP contribution in [-0.2, 0) is 9.59 Å². The molecule has 3 heterocycles. The van der Waals surface area contributed by atoms with Crippen molar-refractivity contribution in [1.82, 2.24) is 15.2 Å². The first-order chi connectivity index (χ1) is 20.6. The van der Waals surface area contributed by atoms with Gasteiger partial charge in [0, 0.05) is 63.7 Å². The summed E-state index contributed by atoms with van der Waals surface area (Å²) in [6.45, 7) is 4.03. The minimum Gasteiger partial charge on any atom is -0.393 e. The molecule has 1 aromatic carbocycles. The van der Waals surface area contributed by atoms with E-state index in [0.29, 0.717) is 47.8 Å². The Balaban J connectivity index is 1.76. The third-order valence-corrected chi connectivity index (χ3v) is 8.43. The summed E-state index contributed by atoms with van der Waals surface area (Å²) >= 11 is 1.21. The lowest BCUT2D eigenvalue weighted by Crippen LogP contribution is -2.50. The number of allylic oxidation sites excluding steroid dienone is 1. The maximum atomic E-state index is 16.4. The Hall–Kier alpha value is -4.22. The molecule has 43 heavy (non-hydrogen) atoms. The maximum absolute atomic E-state index is 16.4. The number of rotatable bonds is 9. The first-order valence-electron chi connectivity index (χ1n) is 13.5. The van der Waals surface area contributed by atoms with E-state index in [1.807, 2.05) is 24.9 Å². The largest absolute Gasteiger partial charge is 0.393 e. The summed E-state index contributed by atoms with van der Waals surface area (Å²) in [7, 11) is 3.32. The van der Waals surface area contributed by atoms with Gasteiger partial charge < -0.3 is 25.3 Å². The minimum absolute atomic E-state index is 0.0308. The van der Waals surface area contributed by atoms with E-state index < -0.39 is 35.1 Å². The van der Waals surface area contributed by atoms with Crippen molar-refractivity contribution in [3.63, 3.8) is 0 Å². The average molecular weight is 618 g/mol. The Labute approximate surface area is 250 Å². The number of thiazole rings is 1. The molecule has 0 aliphatic carbocycles. The highest BCUT2D eigenvalue weighted by atomic mass is 32.1. The summed E-state index contributed by atoms with van der Waals surface area (Å²) in [5.41, 5.74) is -1.64. The number of carbonyl (C=O) groups excluding carboxylic acids is 2. The number of carbonyl (C=O) groups is 2. The van der Waals surface area contributed by atoms with Gasteiger partial charge in [-0.2, -0.15) is 5.26 Å². The van der Waals surface area contributed by atoms with E-state index in [-0.39, 0.29) is 42.2 Å². The molecule has 2 N–H and O–H groups in total.